The molecule has 1 heteroatoms. The van der Waals surface area contributed by atoms with Gasteiger partial charge in [0.25, 0.3) is 0 Å². The van der Waals surface area contributed by atoms with Crippen molar-refractivity contribution in [2.45, 2.75) is 51.3 Å². The van der Waals surface area contributed by atoms with E-state index in [0.717, 1.165) is 0 Å². The molecular weight excluding hydrogens is 264 g/mol. The molecule has 1 saturated carbocycles. The largest absolute Gasteiger partial charge is 0.117 e. The maximum Gasteiger partial charge on any atom is 0.0647 e. The van der Waals surface area contributed by atoms with Gasteiger partial charge in [-0.25, -0.2) is 0 Å². The lowest BCUT2D eigenvalue weighted by Crippen LogP contribution is -2.21. The summed E-state index contributed by atoms with van der Waals surface area (Å²) in [6.45, 7) is 4.48. The van der Waals surface area contributed by atoms with Crippen molar-refractivity contribution in [3.8, 4) is 0 Å². The molecule has 0 aliphatic heterocycles. The van der Waals surface area contributed by atoms with Gasteiger partial charge in [0.1, 0.15) is 0 Å². The molecule has 3 rings (SSSR count). The molecule has 1 fully saturated rings. The predicted octanol–water partition coefficient (Wildman–Crippen LogP) is 6.40. The number of aryl methyl sites for hydroxylation is 1. The smallest absolute Gasteiger partial charge is 0.0647 e. The van der Waals surface area contributed by atoms with Gasteiger partial charge >= 0.3 is 0 Å². The molecule has 1 atom stereocenters. The van der Waals surface area contributed by atoms with E-state index in [0.29, 0.717) is 5.41 Å². The van der Waals surface area contributed by atoms with Crippen molar-refractivity contribution in [3.63, 3.8) is 0 Å². The van der Waals surface area contributed by atoms with Gasteiger partial charge in [0.15, 0.2) is 0 Å². The summed E-state index contributed by atoms with van der Waals surface area (Å²) < 4.78 is 0. The number of hydrogen-bond donors (Lipinski definition) is 0. The molecular formula is C19H23Cl. The minimum absolute atomic E-state index is 0.139. The van der Waals surface area contributed by atoms with Gasteiger partial charge in [-0.1, -0.05) is 56.2 Å². The van der Waals surface area contributed by atoms with Crippen LogP contribution in [-0.4, -0.2) is 0 Å². The highest BCUT2D eigenvalue weighted by Gasteiger charge is 2.40. The number of benzene rings is 2. The van der Waals surface area contributed by atoms with Crippen molar-refractivity contribution in [2.24, 2.45) is 5.41 Å². The van der Waals surface area contributed by atoms with Crippen molar-refractivity contribution < 1.29 is 0 Å². The lowest BCUT2D eigenvalue weighted by atomic mass is 9.76. The van der Waals surface area contributed by atoms with Crippen LogP contribution in [0.15, 0.2) is 36.4 Å². The molecule has 1 unspecified atom stereocenters. The molecule has 0 N–H and O–H groups in total. The first-order valence-electron chi connectivity index (χ1n) is 7.80. The predicted molar refractivity (Wildman–Crippen MR) is 88.5 cm³/mol. The summed E-state index contributed by atoms with van der Waals surface area (Å²) in [5.41, 5.74) is 2.97. The molecule has 1 aliphatic carbocycles. The minimum Gasteiger partial charge on any atom is -0.117 e. The van der Waals surface area contributed by atoms with Crippen LogP contribution < -0.4 is 0 Å². The molecule has 2 aromatic rings. The summed E-state index contributed by atoms with van der Waals surface area (Å²) in [5.74, 6) is 0. The van der Waals surface area contributed by atoms with Crippen LogP contribution in [0.5, 0.6) is 0 Å². The van der Waals surface area contributed by atoms with Gasteiger partial charge in [-0.15, -0.1) is 11.6 Å². The van der Waals surface area contributed by atoms with Crippen LogP contribution in [0.25, 0.3) is 10.8 Å². The van der Waals surface area contributed by atoms with E-state index in [-0.39, 0.29) is 5.38 Å². The van der Waals surface area contributed by atoms with Gasteiger partial charge in [-0.2, -0.15) is 0 Å². The molecule has 20 heavy (non-hydrogen) atoms. The van der Waals surface area contributed by atoms with E-state index in [1.54, 1.807) is 0 Å². The molecule has 0 heterocycles. The van der Waals surface area contributed by atoms with Crippen molar-refractivity contribution in [3.05, 3.63) is 47.5 Å². The summed E-state index contributed by atoms with van der Waals surface area (Å²) >= 11 is 7.00. The maximum absolute atomic E-state index is 7.00. The first-order valence-corrected chi connectivity index (χ1v) is 8.24. The Kier molecular flexibility index (Phi) is 3.77. The average molecular weight is 287 g/mol. The quantitative estimate of drug-likeness (QED) is 0.573. The first kappa shape index (κ1) is 13.9. The minimum atomic E-state index is 0.139. The standard InChI is InChI=1S/C19H23Cl/c1-3-19(12-6-7-13-19)18(20)17-11-10-14(2)15-8-4-5-9-16(15)17/h4-5,8-11,18H,3,6-7,12-13H2,1-2H3. The SMILES string of the molecule is CCC1(C(Cl)c2ccc(C)c3ccccc23)CCCC1. The number of rotatable bonds is 3. The molecule has 0 amide bonds. The Morgan fingerprint density at radius 3 is 2.35 bits per heavy atom. The molecule has 106 valence electrons. The number of hydrogen-bond acceptors (Lipinski definition) is 0. The van der Waals surface area contributed by atoms with Gasteiger partial charge in [0.2, 0.25) is 0 Å². The zero-order chi connectivity index (χ0) is 14.2. The summed E-state index contributed by atoms with van der Waals surface area (Å²) in [6, 6.07) is 13.2. The highest BCUT2D eigenvalue weighted by molar-refractivity contribution is 6.22. The third-order valence-corrected chi connectivity index (χ3v) is 5.99. The molecule has 0 saturated heterocycles. The second-order valence-corrected chi connectivity index (χ2v) is 6.74. The number of fused-ring (bicyclic) bond motifs is 1. The highest BCUT2D eigenvalue weighted by atomic mass is 35.5. The molecule has 1 aliphatic rings. The number of alkyl halides is 1. The Morgan fingerprint density at radius 1 is 1.05 bits per heavy atom. The second kappa shape index (κ2) is 5.41. The third kappa shape index (κ3) is 2.15. The van der Waals surface area contributed by atoms with E-state index in [2.05, 4.69) is 50.2 Å². The monoisotopic (exact) mass is 286 g/mol. The molecule has 0 nitrogen and oxygen atoms in total. The Morgan fingerprint density at radius 2 is 1.70 bits per heavy atom. The van der Waals surface area contributed by atoms with Crippen molar-refractivity contribution in [1.82, 2.24) is 0 Å². The highest BCUT2D eigenvalue weighted by Crippen LogP contribution is 2.54. The fourth-order valence-corrected chi connectivity index (χ4v) is 4.45. The molecule has 0 bridgehead atoms. The van der Waals surface area contributed by atoms with Gasteiger partial charge in [0.05, 0.1) is 5.38 Å². The van der Waals surface area contributed by atoms with E-state index >= 15 is 0 Å². The normalized spacial score (nSPS) is 19.4. The van der Waals surface area contributed by atoms with Crippen LogP contribution >= 0.6 is 11.6 Å². The summed E-state index contributed by atoms with van der Waals surface area (Å²) in [5, 5.41) is 2.83. The van der Waals surface area contributed by atoms with Crippen LogP contribution in [0.3, 0.4) is 0 Å². The van der Waals surface area contributed by atoms with E-state index in [4.69, 9.17) is 11.6 Å². The topological polar surface area (TPSA) is 0 Å². The summed E-state index contributed by atoms with van der Waals surface area (Å²) in [4.78, 5) is 0. The zero-order valence-corrected chi connectivity index (χ0v) is 13.2. The van der Waals surface area contributed by atoms with E-state index < -0.39 is 0 Å². The van der Waals surface area contributed by atoms with E-state index in [9.17, 15) is 0 Å². The van der Waals surface area contributed by atoms with Gasteiger partial charge < -0.3 is 0 Å². The van der Waals surface area contributed by atoms with Crippen LogP contribution in [0.1, 0.15) is 55.5 Å². The fourth-order valence-electron chi connectivity index (χ4n) is 3.89. The average Bonchev–Trinajstić information content (AvgIpc) is 2.97. The Balaban J connectivity index is 2.12. The fraction of sp³-hybridized carbons (Fsp3) is 0.474. The lowest BCUT2D eigenvalue weighted by molar-refractivity contribution is 0.272. The first-order chi connectivity index (χ1) is 9.68. The van der Waals surface area contributed by atoms with Crippen molar-refractivity contribution in [2.75, 3.05) is 0 Å². The van der Waals surface area contributed by atoms with E-state index in [1.807, 2.05) is 0 Å². The molecule has 0 spiro atoms. The summed E-state index contributed by atoms with van der Waals surface area (Å²) in [7, 11) is 0. The summed E-state index contributed by atoms with van der Waals surface area (Å²) in [6.07, 6.45) is 6.41. The van der Waals surface area contributed by atoms with Crippen molar-refractivity contribution >= 4 is 22.4 Å². The Hall–Kier alpha value is -1.01. The molecule has 0 aromatic heterocycles. The van der Waals surface area contributed by atoms with Crippen LogP contribution in [0.2, 0.25) is 0 Å². The molecule has 2 aromatic carbocycles. The third-order valence-electron chi connectivity index (χ3n) is 5.29. The Bertz CT molecular complexity index is 608. The van der Waals surface area contributed by atoms with Gasteiger partial charge in [0, 0.05) is 0 Å². The van der Waals surface area contributed by atoms with Crippen LogP contribution in [0, 0.1) is 12.3 Å². The maximum atomic E-state index is 7.00. The Labute approximate surface area is 127 Å². The van der Waals surface area contributed by atoms with Crippen LogP contribution in [0.4, 0.5) is 0 Å². The number of halogens is 1. The van der Waals surface area contributed by atoms with Gasteiger partial charge in [-0.05, 0) is 53.5 Å². The van der Waals surface area contributed by atoms with Crippen molar-refractivity contribution in [1.29, 1.82) is 0 Å². The molecule has 0 radical (unpaired) electrons. The van der Waals surface area contributed by atoms with Crippen LogP contribution in [-0.2, 0) is 0 Å². The van der Waals surface area contributed by atoms with Gasteiger partial charge in [-0.3, -0.25) is 0 Å². The second-order valence-electron chi connectivity index (χ2n) is 6.30. The lowest BCUT2D eigenvalue weighted by Gasteiger charge is -2.34. The van der Waals surface area contributed by atoms with E-state index in [1.165, 1.54) is 54.0 Å². The zero-order valence-electron chi connectivity index (χ0n) is 12.5.